The highest BCUT2D eigenvalue weighted by Gasteiger charge is 2.21. The number of rotatable bonds is 6. The van der Waals surface area contributed by atoms with E-state index in [4.69, 9.17) is 0 Å². The molecule has 0 spiro atoms. The molecule has 0 saturated heterocycles. The van der Waals surface area contributed by atoms with Crippen molar-refractivity contribution in [2.45, 2.75) is 51.6 Å². The molecule has 0 saturated carbocycles. The molecule has 3 nitrogen and oxygen atoms in total. The second-order valence-electron chi connectivity index (χ2n) is 8.94. The van der Waals surface area contributed by atoms with Crippen molar-refractivity contribution >= 4 is 16.8 Å². The fourth-order valence-electron chi connectivity index (χ4n) is 5.04. The van der Waals surface area contributed by atoms with Crippen molar-refractivity contribution in [3.05, 3.63) is 107 Å². The van der Waals surface area contributed by atoms with Crippen molar-refractivity contribution in [3.8, 4) is 0 Å². The van der Waals surface area contributed by atoms with E-state index in [0.717, 1.165) is 32.2 Å². The molecule has 1 N–H and O–H groups in total. The van der Waals surface area contributed by atoms with Crippen LogP contribution in [-0.4, -0.2) is 10.5 Å². The third kappa shape index (κ3) is 4.20. The van der Waals surface area contributed by atoms with Crippen LogP contribution in [0, 0.1) is 6.92 Å². The van der Waals surface area contributed by atoms with Crippen molar-refractivity contribution < 1.29 is 4.79 Å². The number of amides is 1. The van der Waals surface area contributed by atoms with Crippen molar-refractivity contribution in [2.75, 3.05) is 0 Å². The number of nitrogens with zero attached hydrogens (tertiary/aromatic N) is 1. The van der Waals surface area contributed by atoms with Crippen molar-refractivity contribution in [1.82, 2.24) is 9.88 Å². The third-order valence-corrected chi connectivity index (χ3v) is 6.80. The van der Waals surface area contributed by atoms with E-state index in [1.54, 1.807) is 0 Å². The summed E-state index contributed by atoms with van der Waals surface area (Å²) in [7, 11) is 0. The zero-order valence-corrected chi connectivity index (χ0v) is 18.7. The molecule has 0 fully saturated rings. The Kier molecular flexibility index (Phi) is 5.81. The Hall–Kier alpha value is -3.33. The van der Waals surface area contributed by atoms with Crippen LogP contribution in [0.25, 0.3) is 10.9 Å². The number of para-hydroxylation sites is 1. The lowest BCUT2D eigenvalue weighted by Gasteiger charge is -2.26. The summed E-state index contributed by atoms with van der Waals surface area (Å²) in [6.45, 7) is 3.01. The summed E-state index contributed by atoms with van der Waals surface area (Å²) in [6.07, 6.45) is 6.77. The number of benzene rings is 3. The molecule has 0 bridgehead atoms. The Balaban J connectivity index is 1.31. The summed E-state index contributed by atoms with van der Waals surface area (Å²) < 4.78 is 2.32. The average molecular weight is 423 g/mol. The molecule has 1 aromatic heterocycles. The molecule has 1 atom stereocenters. The molecule has 4 aromatic rings. The number of carbonyl (C=O) groups is 1. The number of nitrogens with one attached hydrogen (secondary N) is 1. The molecule has 5 rings (SSSR count). The molecule has 1 heterocycles. The Labute approximate surface area is 190 Å². The molecule has 3 heteroatoms. The van der Waals surface area contributed by atoms with E-state index in [-0.39, 0.29) is 11.9 Å². The summed E-state index contributed by atoms with van der Waals surface area (Å²) in [5.74, 6) is 0.141. The summed E-state index contributed by atoms with van der Waals surface area (Å²) in [4.78, 5) is 12.9. The monoisotopic (exact) mass is 422 g/mol. The highest BCUT2D eigenvalue weighted by molar-refractivity contribution is 5.85. The Morgan fingerprint density at radius 3 is 2.66 bits per heavy atom. The van der Waals surface area contributed by atoms with Crippen molar-refractivity contribution in [1.29, 1.82) is 0 Å². The SMILES string of the molecule is Cc1ccccc1Cn1cc(CCC(=O)N[C@@H]2CCCc3ccccc32)c2ccccc21. The molecule has 1 aliphatic carbocycles. The average Bonchev–Trinajstić information content (AvgIpc) is 3.17. The van der Waals surface area contributed by atoms with E-state index in [0.29, 0.717) is 6.42 Å². The van der Waals surface area contributed by atoms with Gasteiger partial charge in [-0.05, 0) is 66.5 Å². The zero-order valence-electron chi connectivity index (χ0n) is 18.7. The van der Waals surface area contributed by atoms with Gasteiger partial charge in [0.1, 0.15) is 0 Å². The number of fused-ring (bicyclic) bond motifs is 2. The minimum absolute atomic E-state index is 0.141. The fraction of sp³-hybridized carbons (Fsp3) is 0.276. The maximum atomic E-state index is 12.9. The molecular formula is C29H30N2O. The summed E-state index contributed by atoms with van der Waals surface area (Å²) >= 11 is 0. The van der Waals surface area contributed by atoms with E-state index < -0.39 is 0 Å². The van der Waals surface area contributed by atoms with Crippen molar-refractivity contribution in [3.63, 3.8) is 0 Å². The lowest BCUT2D eigenvalue weighted by Crippen LogP contribution is -2.31. The Morgan fingerprint density at radius 2 is 1.75 bits per heavy atom. The fourth-order valence-corrected chi connectivity index (χ4v) is 5.04. The second kappa shape index (κ2) is 9.04. The predicted octanol–water partition coefficient (Wildman–Crippen LogP) is 6.12. The molecular weight excluding hydrogens is 392 g/mol. The maximum absolute atomic E-state index is 12.9. The number of hydrogen-bond acceptors (Lipinski definition) is 1. The third-order valence-electron chi connectivity index (χ3n) is 6.80. The van der Waals surface area contributed by atoms with E-state index in [1.165, 1.54) is 38.7 Å². The van der Waals surface area contributed by atoms with Crippen LogP contribution in [0.1, 0.15) is 53.1 Å². The summed E-state index contributed by atoms with van der Waals surface area (Å²) in [5, 5.41) is 4.55. The first kappa shape index (κ1) is 20.6. The van der Waals surface area contributed by atoms with Crippen LogP contribution in [0.3, 0.4) is 0 Å². The van der Waals surface area contributed by atoms with E-state index >= 15 is 0 Å². The smallest absolute Gasteiger partial charge is 0.220 e. The van der Waals surface area contributed by atoms with Crippen LogP contribution < -0.4 is 5.32 Å². The van der Waals surface area contributed by atoms with Gasteiger partial charge in [-0.3, -0.25) is 4.79 Å². The first-order chi connectivity index (χ1) is 15.7. The first-order valence-corrected chi connectivity index (χ1v) is 11.7. The molecule has 1 aliphatic rings. The summed E-state index contributed by atoms with van der Waals surface area (Å²) in [5.41, 5.74) is 7.78. The number of carbonyl (C=O) groups excluding carboxylic acids is 1. The van der Waals surface area contributed by atoms with Crippen LogP contribution in [0.15, 0.2) is 79.0 Å². The van der Waals surface area contributed by atoms with E-state index in [9.17, 15) is 4.79 Å². The van der Waals surface area contributed by atoms with Gasteiger partial charge in [0.25, 0.3) is 0 Å². The van der Waals surface area contributed by atoms with Gasteiger partial charge in [-0.1, -0.05) is 66.7 Å². The molecule has 0 radical (unpaired) electrons. The molecule has 0 aliphatic heterocycles. The minimum Gasteiger partial charge on any atom is -0.349 e. The van der Waals surface area contributed by atoms with Gasteiger partial charge >= 0.3 is 0 Å². The van der Waals surface area contributed by atoms with Crippen LogP contribution in [0.4, 0.5) is 0 Å². The van der Waals surface area contributed by atoms with Gasteiger partial charge in [-0.2, -0.15) is 0 Å². The van der Waals surface area contributed by atoms with Gasteiger partial charge in [-0.15, -0.1) is 0 Å². The first-order valence-electron chi connectivity index (χ1n) is 11.7. The highest BCUT2D eigenvalue weighted by Crippen LogP contribution is 2.30. The van der Waals surface area contributed by atoms with Crippen LogP contribution >= 0.6 is 0 Å². The van der Waals surface area contributed by atoms with Crippen LogP contribution in [0.5, 0.6) is 0 Å². The number of aryl methyl sites for hydroxylation is 3. The van der Waals surface area contributed by atoms with Gasteiger partial charge in [0, 0.05) is 30.1 Å². The minimum atomic E-state index is 0.141. The largest absolute Gasteiger partial charge is 0.349 e. The molecule has 1 amide bonds. The normalized spacial score (nSPS) is 15.5. The quantitative estimate of drug-likeness (QED) is 0.399. The zero-order chi connectivity index (χ0) is 21.9. The molecule has 3 aromatic carbocycles. The van der Waals surface area contributed by atoms with Gasteiger partial charge in [0.15, 0.2) is 0 Å². The predicted molar refractivity (Wildman–Crippen MR) is 131 cm³/mol. The standard InChI is InChI=1S/C29H30N2O/c1-21-9-2-3-11-23(21)19-31-20-24(26-14-6-7-16-28(26)31)17-18-29(32)30-27-15-8-12-22-10-4-5-13-25(22)27/h2-7,9-11,13-14,16,20,27H,8,12,15,17-19H2,1H3,(H,30,32)/t27-/m1/s1. The highest BCUT2D eigenvalue weighted by atomic mass is 16.1. The van der Waals surface area contributed by atoms with E-state index in [2.05, 4.69) is 95.8 Å². The molecule has 32 heavy (non-hydrogen) atoms. The van der Waals surface area contributed by atoms with Gasteiger partial charge in [0.05, 0.1) is 6.04 Å². The maximum Gasteiger partial charge on any atom is 0.220 e. The topological polar surface area (TPSA) is 34.0 Å². The second-order valence-corrected chi connectivity index (χ2v) is 8.94. The summed E-state index contributed by atoms with van der Waals surface area (Å²) in [6, 6.07) is 25.7. The van der Waals surface area contributed by atoms with Crippen molar-refractivity contribution in [2.24, 2.45) is 0 Å². The molecule has 162 valence electrons. The van der Waals surface area contributed by atoms with Gasteiger partial charge in [0.2, 0.25) is 5.91 Å². The van der Waals surface area contributed by atoms with Crippen LogP contribution in [0.2, 0.25) is 0 Å². The lowest BCUT2D eigenvalue weighted by molar-refractivity contribution is -0.121. The Bertz CT molecular complexity index is 1250. The molecule has 0 unspecified atom stereocenters. The van der Waals surface area contributed by atoms with Crippen LogP contribution in [-0.2, 0) is 24.2 Å². The van der Waals surface area contributed by atoms with E-state index in [1.807, 2.05) is 0 Å². The number of hydrogen-bond donors (Lipinski definition) is 1. The Morgan fingerprint density at radius 1 is 0.969 bits per heavy atom. The van der Waals surface area contributed by atoms with Gasteiger partial charge < -0.3 is 9.88 Å². The lowest BCUT2D eigenvalue weighted by atomic mass is 9.87. The van der Waals surface area contributed by atoms with Gasteiger partial charge in [-0.25, -0.2) is 0 Å². The number of aromatic nitrogens is 1.